The highest BCUT2D eigenvalue weighted by atomic mass is 35.5. The van der Waals surface area contributed by atoms with E-state index in [0.717, 1.165) is 24.8 Å². The molecule has 0 radical (unpaired) electrons. The van der Waals surface area contributed by atoms with E-state index in [9.17, 15) is 8.42 Å². The smallest absolute Gasteiger partial charge is 0.241 e. The van der Waals surface area contributed by atoms with Gasteiger partial charge in [0.1, 0.15) is 0 Å². The molecule has 1 unspecified atom stereocenters. The van der Waals surface area contributed by atoms with Gasteiger partial charge < -0.3 is 5.73 Å². The maximum absolute atomic E-state index is 12.4. The highest BCUT2D eigenvalue weighted by Crippen LogP contribution is 2.16. The maximum atomic E-state index is 12.4. The third kappa shape index (κ3) is 5.40. The van der Waals surface area contributed by atoms with Gasteiger partial charge in [-0.25, -0.2) is 13.1 Å². The van der Waals surface area contributed by atoms with Crippen LogP contribution in [-0.2, 0) is 16.4 Å². The number of hydrogen-bond donors (Lipinski definition) is 2. The highest BCUT2D eigenvalue weighted by Gasteiger charge is 2.20. The SMILES string of the molecule is CCCCC(CN)NS(=O)(=O)c1ccccc1CC.Cl. The lowest BCUT2D eigenvalue weighted by Gasteiger charge is -2.18. The molecule has 0 bridgehead atoms. The van der Waals surface area contributed by atoms with Crippen molar-refractivity contribution in [1.82, 2.24) is 4.72 Å². The van der Waals surface area contributed by atoms with Crippen LogP contribution in [0.4, 0.5) is 0 Å². The first-order chi connectivity index (χ1) is 9.05. The molecular weight excluding hydrogens is 296 g/mol. The molecule has 4 nitrogen and oxygen atoms in total. The van der Waals surface area contributed by atoms with Crippen molar-refractivity contribution < 1.29 is 8.42 Å². The van der Waals surface area contributed by atoms with Crippen molar-refractivity contribution in [2.75, 3.05) is 6.54 Å². The summed E-state index contributed by atoms with van der Waals surface area (Å²) < 4.78 is 27.5. The third-order valence-corrected chi connectivity index (χ3v) is 4.78. The predicted octanol–water partition coefficient (Wildman–Crippen LogP) is 2.47. The number of unbranched alkanes of at least 4 members (excludes halogenated alkanes) is 1. The zero-order valence-electron chi connectivity index (χ0n) is 12.1. The zero-order valence-corrected chi connectivity index (χ0v) is 13.8. The van der Waals surface area contributed by atoms with E-state index < -0.39 is 10.0 Å². The van der Waals surface area contributed by atoms with Gasteiger partial charge in [-0.1, -0.05) is 44.9 Å². The quantitative estimate of drug-likeness (QED) is 0.773. The molecule has 0 fully saturated rings. The number of halogens is 1. The molecule has 6 heteroatoms. The van der Waals surface area contributed by atoms with E-state index in [0.29, 0.717) is 17.9 Å². The normalized spacial score (nSPS) is 12.8. The summed E-state index contributed by atoms with van der Waals surface area (Å²) in [7, 11) is -3.47. The molecule has 0 aliphatic rings. The van der Waals surface area contributed by atoms with Gasteiger partial charge in [0.25, 0.3) is 0 Å². The second kappa shape index (κ2) is 9.34. The Bertz CT molecular complexity index is 492. The standard InChI is InChI=1S/C14H24N2O2S.ClH/c1-3-5-9-13(11-15)16-19(17,18)14-10-7-6-8-12(14)4-2;/h6-8,10,13,16H,3-5,9,11,15H2,1-2H3;1H. The van der Waals surface area contributed by atoms with Crippen molar-refractivity contribution >= 4 is 22.4 Å². The van der Waals surface area contributed by atoms with E-state index in [1.807, 2.05) is 19.1 Å². The molecule has 1 atom stereocenters. The van der Waals surface area contributed by atoms with Crippen molar-refractivity contribution in [1.29, 1.82) is 0 Å². The second-order valence-electron chi connectivity index (χ2n) is 4.66. The number of nitrogens with two attached hydrogens (primary N) is 1. The predicted molar refractivity (Wildman–Crippen MR) is 85.8 cm³/mol. The number of nitrogens with one attached hydrogen (secondary N) is 1. The Morgan fingerprint density at radius 2 is 1.90 bits per heavy atom. The van der Waals surface area contributed by atoms with Crippen LogP contribution in [0.15, 0.2) is 29.2 Å². The lowest BCUT2D eigenvalue weighted by atomic mass is 10.1. The van der Waals surface area contributed by atoms with Gasteiger partial charge in [-0.2, -0.15) is 0 Å². The van der Waals surface area contributed by atoms with Crippen LogP contribution in [0.1, 0.15) is 38.7 Å². The second-order valence-corrected chi connectivity index (χ2v) is 6.34. The van der Waals surface area contributed by atoms with Crippen LogP contribution >= 0.6 is 12.4 Å². The topological polar surface area (TPSA) is 72.2 Å². The van der Waals surface area contributed by atoms with Gasteiger partial charge >= 0.3 is 0 Å². The van der Waals surface area contributed by atoms with Gasteiger partial charge in [0.15, 0.2) is 0 Å². The van der Waals surface area contributed by atoms with Crippen LogP contribution < -0.4 is 10.5 Å². The van der Waals surface area contributed by atoms with Crippen molar-refractivity contribution in [3.05, 3.63) is 29.8 Å². The van der Waals surface area contributed by atoms with Gasteiger partial charge in [-0.15, -0.1) is 12.4 Å². The van der Waals surface area contributed by atoms with E-state index in [1.54, 1.807) is 12.1 Å². The largest absolute Gasteiger partial charge is 0.329 e. The Kier molecular flexibility index (Phi) is 9.05. The molecule has 1 aromatic rings. The summed E-state index contributed by atoms with van der Waals surface area (Å²) >= 11 is 0. The number of aryl methyl sites for hydroxylation is 1. The Labute approximate surface area is 128 Å². The molecule has 1 aromatic carbocycles. The average molecular weight is 321 g/mol. The fraction of sp³-hybridized carbons (Fsp3) is 0.571. The number of rotatable bonds is 8. The molecule has 0 saturated carbocycles. The molecule has 0 amide bonds. The summed E-state index contributed by atoms with van der Waals surface area (Å²) in [6, 6.07) is 6.91. The summed E-state index contributed by atoms with van der Waals surface area (Å²) in [5.74, 6) is 0. The third-order valence-electron chi connectivity index (χ3n) is 3.16. The first-order valence-corrected chi connectivity index (χ1v) is 8.33. The number of sulfonamides is 1. The highest BCUT2D eigenvalue weighted by molar-refractivity contribution is 7.89. The van der Waals surface area contributed by atoms with Crippen LogP contribution in [0, 0.1) is 0 Å². The molecule has 0 aliphatic carbocycles. The summed E-state index contributed by atoms with van der Waals surface area (Å²) in [6.45, 7) is 4.35. The van der Waals surface area contributed by atoms with Gasteiger partial charge in [0, 0.05) is 12.6 Å². The minimum Gasteiger partial charge on any atom is -0.329 e. The van der Waals surface area contributed by atoms with Crippen LogP contribution in [0.25, 0.3) is 0 Å². The number of hydrogen-bond acceptors (Lipinski definition) is 3. The van der Waals surface area contributed by atoms with E-state index in [2.05, 4.69) is 11.6 Å². The summed E-state index contributed by atoms with van der Waals surface area (Å²) in [5.41, 5.74) is 6.48. The summed E-state index contributed by atoms with van der Waals surface area (Å²) in [5, 5.41) is 0. The summed E-state index contributed by atoms with van der Waals surface area (Å²) in [4.78, 5) is 0.368. The van der Waals surface area contributed by atoms with Gasteiger partial charge in [0.2, 0.25) is 10.0 Å². The van der Waals surface area contributed by atoms with Crippen LogP contribution in [-0.4, -0.2) is 21.0 Å². The Morgan fingerprint density at radius 3 is 2.45 bits per heavy atom. The monoisotopic (exact) mass is 320 g/mol. The molecular formula is C14H25ClN2O2S. The Balaban J connectivity index is 0.00000361. The van der Waals surface area contributed by atoms with E-state index in [-0.39, 0.29) is 18.4 Å². The Hall–Kier alpha value is -0.620. The fourth-order valence-corrected chi connectivity index (χ4v) is 3.61. The van der Waals surface area contributed by atoms with Crippen LogP contribution in [0.3, 0.4) is 0 Å². The van der Waals surface area contributed by atoms with Crippen molar-refractivity contribution in [3.63, 3.8) is 0 Å². The van der Waals surface area contributed by atoms with Crippen molar-refractivity contribution in [2.45, 2.75) is 50.5 Å². The molecule has 1 rings (SSSR count). The van der Waals surface area contributed by atoms with E-state index in [1.165, 1.54) is 0 Å². The molecule has 0 heterocycles. The van der Waals surface area contributed by atoms with Gasteiger partial charge in [-0.3, -0.25) is 0 Å². The van der Waals surface area contributed by atoms with Crippen molar-refractivity contribution in [3.8, 4) is 0 Å². The lowest BCUT2D eigenvalue weighted by molar-refractivity contribution is 0.516. The molecule has 0 aliphatic heterocycles. The zero-order chi connectivity index (χ0) is 14.3. The molecule has 20 heavy (non-hydrogen) atoms. The minimum atomic E-state index is -3.47. The lowest BCUT2D eigenvalue weighted by Crippen LogP contribution is -2.40. The first kappa shape index (κ1) is 19.4. The average Bonchev–Trinajstić information content (AvgIpc) is 2.43. The van der Waals surface area contributed by atoms with Crippen molar-refractivity contribution in [2.24, 2.45) is 5.73 Å². The van der Waals surface area contributed by atoms with Crippen LogP contribution in [0.2, 0.25) is 0 Å². The fourth-order valence-electron chi connectivity index (χ4n) is 2.02. The minimum absolute atomic E-state index is 0. The van der Waals surface area contributed by atoms with Gasteiger partial charge in [0.05, 0.1) is 4.90 Å². The maximum Gasteiger partial charge on any atom is 0.241 e. The van der Waals surface area contributed by atoms with Gasteiger partial charge in [-0.05, 0) is 24.5 Å². The Morgan fingerprint density at radius 1 is 1.25 bits per heavy atom. The number of benzene rings is 1. The molecule has 0 aromatic heterocycles. The molecule has 3 N–H and O–H groups in total. The van der Waals surface area contributed by atoms with E-state index in [4.69, 9.17) is 5.73 Å². The first-order valence-electron chi connectivity index (χ1n) is 6.85. The molecule has 116 valence electrons. The molecule has 0 spiro atoms. The van der Waals surface area contributed by atoms with Crippen LogP contribution in [0.5, 0.6) is 0 Å². The molecule has 0 saturated heterocycles. The van der Waals surface area contributed by atoms with E-state index >= 15 is 0 Å². The summed E-state index contributed by atoms with van der Waals surface area (Å²) in [6.07, 6.45) is 3.48.